The van der Waals surface area contributed by atoms with Crippen molar-refractivity contribution in [2.45, 2.75) is 148 Å². The van der Waals surface area contributed by atoms with Gasteiger partial charge in [0, 0.05) is 29.8 Å². The molecule has 6 rings (SSSR count). The van der Waals surface area contributed by atoms with Gasteiger partial charge in [0.15, 0.2) is 14.1 Å². The summed E-state index contributed by atoms with van der Waals surface area (Å²) >= 11 is 0. The van der Waals surface area contributed by atoms with E-state index in [1.54, 1.807) is 0 Å². The maximum Gasteiger partial charge on any atom is 0.192 e. The van der Waals surface area contributed by atoms with Crippen LogP contribution in [-0.2, 0) is 13.9 Å². The van der Waals surface area contributed by atoms with Crippen LogP contribution < -0.4 is 0 Å². The van der Waals surface area contributed by atoms with Crippen molar-refractivity contribution in [3.8, 4) is 0 Å². The normalized spacial score (nSPS) is 55.6. The predicted molar refractivity (Wildman–Crippen MR) is 157 cm³/mol. The SMILES string of the molecule is C[C@@H]1CC[C@@]2(OC1)O[C@H]1C[C@H]3[C@@H]4CC[C@H]5C[C@@H](O[Si](C)(C)C(C)(C)C)CC[C@]5(C)[C@H]4[C@@H](O)[C@@H](O)[C@]3(C)[C@H]1[C@@H]2C. The summed E-state index contributed by atoms with van der Waals surface area (Å²) in [5.74, 6) is 2.13. The van der Waals surface area contributed by atoms with Gasteiger partial charge in [-0.05, 0) is 98.1 Å². The summed E-state index contributed by atoms with van der Waals surface area (Å²) in [6.07, 6.45) is 7.86. The quantitative estimate of drug-likeness (QED) is 0.364. The Balaban J connectivity index is 1.23. The van der Waals surface area contributed by atoms with E-state index in [2.05, 4.69) is 61.6 Å². The molecule has 224 valence electrons. The summed E-state index contributed by atoms with van der Waals surface area (Å²) in [6, 6.07) is 0. The molecule has 2 heterocycles. The average molecular weight is 563 g/mol. The fraction of sp³-hybridized carbons (Fsp3) is 1.00. The van der Waals surface area contributed by atoms with Gasteiger partial charge in [-0.3, -0.25) is 0 Å². The Kier molecular flexibility index (Phi) is 6.91. The fourth-order valence-corrected chi connectivity index (χ4v) is 12.4. The minimum absolute atomic E-state index is 0.0615. The lowest BCUT2D eigenvalue weighted by atomic mass is 9.43. The predicted octanol–water partition coefficient (Wildman–Crippen LogP) is 6.76. The molecule has 6 heteroatoms. The van der Waals surface area contributed by atoms with E-state index in [1.165, 1.54) is 6.42 Å². The Morgan fingerprint density at radius 3 is 2.28 bits per heavy atom. The second kappa shape index (κ2) is 9.26. The second-order valence-corrected chi connectivity index (χ2v) is 21.9. The highest BCUT2D eigenvalue weighted by Gasteiger charge is 2.73. The van der Waals surface area contributed by atoms with E-state index in [-0.39, 0.29) is 39.7 Å². The van der Waals surface area contributed by atoms with Gasteiger partial charge in [-0.15, -0.1) is 0 Å². The van der Waals surface area contributed by atoms with Crippen LogP contribution in [0.15, 0.2) is 0 Å². The van der Waals surface area contributed by atoms with E-state index >= 15 is 0 Å². The zero-order chi connectivity index (χ0) is 28.3. The number of hydrogen-bond donors (Lipinski definition) is 2. The van der Waals surface area contributed by atoms with Crippen molar-refractivity contribution >= 4 is 8.32 Å². The Hall–Kier alpha value is 0.0169. The fourth-order valence-electron chi connectivity index (χ4n) is 11.0. The molecule has 0 amide bonds. The Morgan fingerprint density at radius 2 is 1.64 bits per heavy atom. The van der Waals surface area contributed by atoms with Crippen LogP contribution in [0.3, 0.4) is 0 Å². The molecule has 0 aromatic heterocycles. The molecular formula is C33H58O5Si. The van der Waals surface area contributed by atoms with Crippen LogP contribution in [-0.4, -0.2) is 55.3 Å². The molecule has 6 aliphatic rings. The van der Waals surface area contributed by atoms with Gasteiger partial charge in [-0.25, -0.2) is 0 Å². The number of aliphatic hydroxyl groups is 2. The zero-order valence-electron chi connectivity index (χ0n) is 26.3. The van der Waals surface area contributed by atoms with Gasteiger partial charge in [0.25, 0.3) is 0 Å². The number of aliphatic hydroxyl groups excluding tert-OH is 2. The molecular weight excluding hydrogens is 504 g/mol. The van der Waals surface area contributed by atoms with Crippen molar-refractivity contribution in [2.24, 2.45) is 52.3 Å². The molecule has 2 aliphatic heterocycles. The average Bonchev–Trinajstić information content (AvgIpc) is 3.29. The van der Waals surface area contributed by atoms with Crippen molar-refractivity contribution in [3.63, 3.8) is 0 Å². The first-order valence-electron chi connectivity index (χ1n) is 16.4. The molecule has 39 heavy (non-hydrogen) atoms. The van der Waals surface area contributed by atoms with Crippen LogP contribution in [0.1, 0.15) is 99.8 Å². The van der Waals surface area contributed by atoms with E-state index in [9.17, 15) is 10.2 Å². The van der Waals surface area contributed by atoms with Crippen molar-refractivity contribution in [1.29, 1.82) is 0 Å². The third-order valence-electron chi connectivity index (χ3n) is 14.3. The van der Waals surface area contributed by atoms with Crippen LogP contribution in [0.25, 0.3) is 0 Å². The van der Waals surface area contributed by atoms with Gasteiger partial charge < -0.3 is 24.1 Å². The zero-order valence-corrected chi connectivity index (χ0v) is 27.3. The van der Waals surface area contributed by atoms with Crippen molar-refractivity contribution in [3.05, 3.63) is 0 Å². The van der Waals surface area contributed by atoms with Crippen molar-refractivity contribution < 1.29 is 24.1 Å². The third-order valence-corrected chi connectivity index (χ3v) is 18.8. The summed E-state index contributed by atoms with van der Waals surface area (Å²) in [5, 5.41) is 24.3. The minimum Gasteiger partial charge on any atom is -0.414 e. The summed E-state index contributed by atoms with van der Waals surface area (Å²) in [6.45, 7) is 21.8. The molecule has 4 aliphatic carbocycles. The van der Waals surface area contributed by atoms with Crippen LogP contribution in [0, 0.1) is 52.3 Å². The molecule has 2 saturated heterocycles. The Labute approximate surface area is 239 Å². The molecule has 1 spiro atoms. The van der Waals surface area contributed by atoms with E-state index in [1.807, 2.05) is 0 Å². The van der Waals surface area contributed by atoms with Gasteiger partial charge in [0.05, 0.1) is 24.9 Å². The highest BCUT2D eigenvalue weighted by atomic mass is 28.4. The van der Waals surface area contributed by atoms with E-state index in [0.29, 0.717) is 29.8 Å². The topological polar surface area (TPSA) is 68.2 Å². The first-order chi connectivity index (χ1) is 18.0. The minimum atomic E-state index is -1.81. The monoisotopic (exact) mass is 562 g/mol. The molecule has 14 atom stereocenters. The van der Waals surface area contributed by atoms with Crippen molar-refractivity contribution in [2.75, 3.05) is 6.61 Å². The summed E-state index contributed by atoms with van der Waals surface area (Å²) < 4.78 is 20.3. The molecule has 5 nitrogen and oxygen atoms in total. The summed E-state index contributed by atoms with van der Waals surface area (Å²) in [7, 11) is -1.81. The van der Waals surface area contributed by atoms with Crippen molar-refractivity contribution in [1.82, 2.24) is 0 Å². The summed E-state index contributed by atoms with van der Waals surface area (Å²) in [4.78, 5) is 0. The number of rotatable bonds is 2. The second-order valence-electron chi connectivity index (χ2n) is 17.1. The number of ether oxygens (including phenoxy) is 2. The summed E-state index contributed by atoms with van der Waals surface area (Å²) in [5.41, 5.74) is -0.265. The molecule has 0 unspecified atom stereocenters. The largest absolute Gasteiger partial charge is 0.414 e. The highest BCUT2D eigenvalue weighted by Crippen LogP contribution is 2.71. The van der Waals surface area contributed by atoms with Crippen LogP contribution in [0.2, 0.25) is 18.1 Å². The van der Waals surface area contributed by atoms with Crippen LogP contribution in [0.4, 0.5) is 0 Å². The molecule has 0 radical (unpaired) electrons. The third kappa shape index (κ3) is 4.07. The first-order valence-corrected chi connectivity index (χ1v) is 19.3. The maximum atomic E-state index is 12.1. The highest BCUT2D eigenvalue weighted by molar-refractivity contribution is 6.74. The van der Waals surface area contributed by atoms with E-state index < -0.39 is 26.3 Å². The van der Waals surface area contributed by atoms with Crippen LogP contribution >= 0.6 is 0 Å². The molecule has 2 N–H and O–H groups in total. The maximum absolute atomic E-state index is 12.1. The lowest BCUT2D eigenvalue weighted by Gasteiger charge is -2.64. The molecule has 0 aromatic carbocycles. The van der Waals surface area contributed by atoms with Crippen LogP contribution in [0.5, 0.6) is 0 Å². The molecule has 0 bridgehead atoms. The molecule has 6 fully saturated rings. The van der Waals surface area contributed by atoms with Gasteiger partial charge in [-0.1, -0.05) is 48.5 Å². The van der Waals surface area contributed by atoms with Gasteiger partial charge in [0.1, 0.15) is 0 Å². The molecule has 0 aromatic rings. The lowest BCUT2D eigenvalue weighted by molar-refractivity contribution is -0.278. The Bertz CT molecular complexity index is 939. The van der Waals surface area contributed by atoms with Gasteiger partial charge in [-0.2, -0.15) is 0 Å². The van der Waals surface area contributed by atoms with E-state index in [0.717, 1.165) is 51.6 Å². The lowest BCUT2D eigenvalue weighted by Crippen LogP contribution is -2.66. The number of fused-ring (bicyclic) bond motifs is 7. The van der Waals surface area contributed by atoms with Gasteiger partial charge in [0.2, 0.25) is 0 Å². The standard InChI is InChI=1S/C33H58O5Si/c1-19-12-15-33(36-18-19)20(2)26-25(37-33)17-24-23-11-10-21-16-22(38-39(8,9)30(3,4)5)13-14-31(21,6)27(23)28(34)29(35)32(24,26)7/h19-29,34-35H,10-18H2,1-9H3/t19-,20+,21+,22+,23+,24+,25+,26+,27-,28-,29-,31+,32+,33-/m1/s1. The Morgan fingerprint density at radius 1 is 0.923 bits per heavy atom. The van der Waals surface area contributed by atoms with E-state index in [4.69, 9.17) is 13.9 Å². The number of hydrogen-bond acceptors (Lipinski definition) is 5. The molecule has 4 saturated carbocycles. The first kappa shape index (κ1) is 29.1. The smallest absolute Gasteiger partial charge is 0.192 e. The van der Waals surface area contributed by atoms with Gasteiger partial charge >= 0.3 is 0 Å².